The fourth-order valence-corrected chi connectivity index (χ4v) is 3.35. The first-order valence-electron chi connectivity index (χ1n) is 7.24. The lowest BCUT2D eigenvalue weighted by atomic mass is 10.1. The summed E-state index contributed by atoms with van der Waals surface area (Å²) in [6.45, 7) is 0.671. The molecule has 1 aromatic heterocycles. The molecule has 22 heavy (non-hydrogen) atoms. The minimum absolute atomic E-state index is 0.283. The van der Waals surface area contributed by atoms with E-state index in [2.05, 4.69) is 23.2 Å². The number of aromatic nitrogens is 2. The minimum Gasteiger partial charge on any atom is -0.490 e. The zero-order chi connectivity index (χ0) is 15.4. The third kappa shape index (κ3) is 3.25. The zero-order valence-corrected chi connectivity index (χ0v) is 13.3. The number of rotatable bonds is 4. The number of hydrogen-bond acceptors (Lipinski definition) is 4. The Morgan fingerprint density at radius 2 is 2.14 bits per heavy atom. The van der Waals surface area contributed by atoms with E-state index in [9.17, 15) is 4.79 Å². The molecule has 0 bridgehead atoms. The van der Waals surface area contributed by atoms with E-state index in [4.69, 9.17) is 4.74 Å². The molecule has 2 aromatic rings. The van der Waals surface area contributed by atoms with Crippen LogP contribution in [0.3, 0.4) is 0 Å². The van der Waals surface area contributed by atoms with Gasteiger partial charge >= 0.3 is 5.56 Å². The van der Waals surface area contributed by atoms with Crippen molar-refractivity contribution < 1.29 is 4.74 Å². The van der Waals surface area contributed by atoms with Gasteiger partial charge in [-0.15, -0.1) is 0 Å². The van der Waals surface area contributed by atoms with Crippen LogP contribution in [-0.2, 0) is 6.54 Å². The second-order valence-electron chi connectivity index (χ2n) is 5.11. The van der Waals surface area contributed by atoms with Gasteiger partial charge in [0.25, 0.3) is 0 Å². The molecule has 1 aliphatic rings. The Morgan fingerprint density at radius 3 is 2.82 bits per heavy atom. The van der Waals surface area contributed by atoms with Crippen molar-refractivity contribution in [3.63, 3.8) is 0 Å². The molecule has 0 spiro atoms. The van der Waals surface area contributed by atoms with Crippen molar-refractivity contribution in [3.8, 4) is 5.75 Å². The molecule has 4 nitrogen and oxygen atoms in total. The Balaban J connectivity index is 2.05. The van der Waals surface area contributed by atoms with Crippen LogP contribution in [0.4, 0.5) is 0 Å². The fourth-order valence-electron chi connectivity index (χ4n) is 2.50. The average molecular weight is 314 g/mol. The Bertz CT molecular complexity index is 738. The Morgan fingerprint density at radius 1 is 1.32 bits per heavy atom. The van der Waals surface area contributed by atoms with Gasteiger partial charge in [0.05, 0.1) is 13.3 Å². The maximum absolute atomic E-state index is 12.0. The standard InChI is InChI=1S/C17H18N2O2S/c1-21-15-12-19(11-13-5-3-2-4-6-13)16(18-17(15)20)14-7-9-22-10-8-14/h2-7,12H,8-11H2,1H3. The van der Waals surface area contributed by atoms with E-state index in [1.807, 2.05) is 34.5 Å². The lowest BCUT2D eigenvalue weighted by molar-refractivity contribution is 0.401. The van der Waals surface area contributed by atoms with Crippen LogP contribution in [0.2, 0.25) is 0 Å². The normalized spacial score (nSPS) is 14.5. The van der Waals surface area contributed by atoms with Gasteiger partial charge in [0.1, 0.15) is 5.82 Å². The van der Waals surface area contributed by atoms with Gasteiger partial charge in [0.2, 0.25) is 5.75 Å². The highest BCUT2D eigenvalue weighted by Crippen LogP contribution is 2.25. The summed E-state index contributed by atoms with van der Waals surface area (Å²) in [5.41, 5.74) is 2.01. The molecule has 0 unspecified atom stereocenters. The topological polar surface area (TPSA) is 44.1 Å². The van der Waals surface area contributed by atoms with Crippen LogP contribution in [0.1, 0.15) is 17.8 Å². The molecule has 1 aromatic carbocycles. The summed E-state index contributed by atoms with van der Waals surface area (Å²) in [5.74, 6) is 3.09. The molecule has 0 amide bonds. The van der Waals surface area contributed by atoms with Gasteiger partial charge in [-0.25, -0.2) is 0 Å². The molecule has 5 heteroatoms. The van der Waals surface area contributed by atoms with E-state index in [-0.39, 0.29) is 11.3 Å². The Kier molecular flexibility index (Phi) is 4.63. The van der Waals surface area contributed by atoms with Crippen molar-refractivity contribution in [1.82, 2.24) is 9.55 Å². The summed E-state index contributed by atoms with van der Waals surface area (Å²) < 4.78 is 7.16. The SMILES string of the molecule is COc1cn(Cc2ccccc2)c(C2=CCSCC2)nc1=O. The van der Waals surface area contributed by atoms with E-state index in [1.165, 1.54) is 12.7 Å². The highest BCUT2D eigenvalue weighted by Gasteiger charge is 2.15. The highest BCUT2D eigenvalue weighted by molar-refractivity contribution is 7.99. The minimum atomic E-state index is -0.305. The maximum atomic E-state index is 12.0. The highest BCUT2D eigenvalue weighted by atomic mass is 32.2. The van der Waals surface area contributed by atoms with Crippen LogP contribution in [-0.4, -0.2) is 28.2 Å². The summed E-state index contributed by atoms with van der Waals surface area (Å²) in [5, 5.41) is 0. The number of methoxy groups -OCH3 is 1. The second kappa shape index (κ2) is 6.83. The molecule has 0 atom stereocenters. The van der Waals surface area contributed by atoms with Gasteiger partial charge in [-0.05, 0) is 23.3 Å². The van der Waals surface area contributed by atoms with Crippen LogP contribution in [0, 0.1) is 0 Å². The molecule has 3 rings (SSSR count). The predicted molar refractivity (Wildman–Crippen MR) is 90.5 cm³/mol. The first-order chi connectivity index (χ1) is 10.8. The molecule has 2 heterocycles. The molecule has 1 aliphatic heterocycles. The summed E-state index contributed by atoms with van der Waals surface area (Å²) >= 11 is 1.90. The van der Waals surface area contributed by atoms with Crippen LogP contribution in [0.5, 0.6) is 5.75 Å². The average Bonchev–Trinajstić information content (AvgIpc) is 2.58. The van der Waals surface area contributed by atoms with Crippen molar-refractivity contribution >= 4 is 17.3 Å². The van der Waals surface area contributed by atoms with E-state index >= 15 is 0 Å². The molecule has 0 aliphatic carbocycles. The lowest BCUT2D eigenvalue weighted by Gasteiger charge is -2.18. The summed E-state index contributed by atoms with van der Waals surface area (Å²) in [4.78, 5) is 16.3. The first-order valence-corrected chi connectivity index (χ1v) is 8.40. The lowest BCUT2D eigenvalue weighted by Crippen LogP contribution is -2.20. The molecular weight excluding hydrogens is 296 g/mol. The van der Waals surface area contributed by atoms with Gasteiger partial charge in [-0.1, -0.05) is 36.4 Å². The third-order valence-electron chi connectivity index (χ3n) is 3.63. The van der Waals surface area contributed by atoms with Crippen molar-refractivity contribution in [2.75, 3.05) is 18.6 Å². The monoisotopic (exact) mass is 314 g/mol. The van der Waals surface area contributed by atoms with Gasteiger partial charge in [-0.2, -0.15) is 16.7 Å². The largest absolute Gasteiger partial charge is 0.490 e. The molecule has 0 N–H and O–H groups in total. The Labute approximate surface area is 133 Å². The van der Waals surface area contributed by atoms with E-state index < -0.39 is 0 Å². The number of allylic oxidation sites excluding steroid dienone is 1. The smallest absolute Gasteiger partial charge is 0.315 e. The summed E-state index contributed by atoms with van der Waals surface area (Å²) in [6.07, 6.45) is 4.88. The summed E-state index contributed by atoms with van der Waals surface area (Å²) in [6, 6.07) is 10.2. The van der Waals surface area contributed by atoms with E-state index in [1.54, 1.807) is 6.20 Å². The van der Waals surface area contributed by atoms with E-state index in [0.29, 0.717) is 6.54 Å². The first kappa shape index (κ1) is 14.9. The van der Waals surface area contributed by atoms with Crippen molar-refractivity contribution in [2.45, 2.75) is 13.0 Å². The van der Waals surface area contributed by atoms with Crippen LogP contribution < -0.4 is 10.3 Å². The van der Waals surface area contributed by atoms with Crippen molar-refractivity contribution in [1.29, 1.82) is 0 Å². The quantitative estimate of drug-likeness (QED) is 0.870. The fraction of sp³-hybridized carbons (Fsp3) is 0.294. The van der Waals surface area contributed by atoms with Crippen LogP contribution in [0.15, 0.2) is 47.4 Å². The molecule has 0 saturated carbocycles. The number of thioether (sulfide) groups is 1. The van der Waals surface area contributed by atoms with Crippen LogP contribution in [0.25, 0.3) is 5.57 Å². The van der Waals surface area contributed by atoms with Crippen molar-refractivity contribution in [2.24, 2.45) is 0 Å². The predicted octanol–water partition coefficient (Wildman–Crippen LogP) is 2.82. The number of nitrogens with zero attached hydrogens (tertiary/aromatic N) is 2. The second-order valence-corrected chi connectivity index (χ2v) is 6.26. The number of hydrogen-bond donors (Lipinski definition) is 0. The Hall–Kier alpha value is -2.01. The molecule has 0 radical (unpaired) electrons. The summed E-state index contributed by atoms with van der Waals surface area (Å²) in [7, 11) is 1.50. The zero-order valence-electron chi connectivity index (χ0n) is 12.5. The van der Waals surface area contributed by atoms with Gasteiger partial charge in [0.15, 0.2) is 0 Å². The van der Waals surface area contributed by atoms with E-state index in [0.717, 1.165) is 29.3 Å². The third-order valence-corrected chi connectivity index (χ3v) is 4.52. The molecule has 0 saturated heterocycles. The molecule has 114 valence electrons. The number of benzene rings is 1. The van der Waals surface area contributed by atoms with Crippen molar-refractivity contribution in [3.05, 3.63) is 64.3 Å². The molecule has 0 fully saturated rings. The van der Waals surface area contributed by atoms with Gasteiger partial charge in [0, 0.05) is 12.3 Å². The maximum Gasteiger partial charge on any atom is 0.315 e. The van der Waals surface area contributed by atoms with Gasteiger partial charge < -0.3 is 9.30 Å². The number of ether oxygens (including phenoxy) is 1. The van der Waals surface area contributed by atoms with Crippen LogP contribution >= 0.6 is 11.8 Å². The van der Waals surface area contributed by atoms with Gasteiger partial charge in [-0.3, -0.25) is 4.79 Å². The molecular formula is C17H18N2O2S.